The maximum absolute atomic E-state index is 11.8. The van der Waals surface area contributed by atoms with Crippen molar-refractivity contribution in [3.8, 4) is 0 Å². The molecular formula is C16H21N3O2. The first kappa shape index (κ1) is 16.7. The number of benzene rings is 1. The third kappa shape index (κ3) is 7.08. The van der Waals surface area contributed by atoms with Crippen LogP contribution in [0.3, 0.4) is 0 Å². The molecule has 21 heavy (non-hydrogen) atoms. The van der Waals surface area contributed by atoms with Gasteiger partial charge in [0.15, 0.2) is 0 Å². The first-order chi connectivity index (χ1) is 10.2. The summed E-state index contributed by atoms with van der Waals surface area (Å²) in [6.07, 6.45) is 3.28. The molecule has 0 radical (unpaired) electrons. The zero-order chi connectivity index (χ0) is 15.5. The summed E-state index contributed by atoms with van der Waals surface area (Å²) >= 11 is 0. The number of amides is 3. The van der Waals surface area contributed by atoms with Gasteiger partial charge in [0, 0.05) is 19.6 Å². The lowest BCUT2D eigenvalue weighted by atomic mass is 10.2. The summed E-state index contributed by atoms with van der Waals surface area (Å²) in [5.74, 6) is -0.352. The molecule has 0 aliphatic rings. The summed E-state index contributed by atoms with van der Waals surface area (Å²) in [4.78, 5) is 25.1. The van der Waals surface area contributed by atoms with E-state index in [0.29, 0.717) is 19.6 Å². The van der Waals surface area contributed by atoms with Gasteiger partial charge in [0.25, 0.3) is 0 Å². The van der Waals surface area contributed by atoms with Gasteiger partial charge in [-0.3, -0.25) is 15.0 Å². The lowest BCUT2D eigenvalue weighted by Crippen LogP contribution is -2.44. The predicted molar refractivity (Wildman–Crippen MR) is 83.7 cm³/mol. The molecule has 5 heteroatoms. The molecule has 0 aliphatic heterocycles. The molecule has 0 heterocycles. The fraction of sp³-hybridized carbons (Fsp3) is 0.250. The molecule has 2 N–H and O–H groups in total. The van der Waals surface area contributed by atoms with Gasteiger partial charge in [-0.1, -0.05) is 42.5 Å². The standard InChI is InChI=1S/C16H21N3O2/c1-3-10-17-16(21)18-15(20)13-19(11-4-2)12-14-8-6-5-7-9-14/h3-9H,1-2,10-13H2,(H2,17,18,20,21). The number of carbonyl (C=O) groups is 2. The van der Waals surface area contributed by atoms with Gasteiger partial charge in [0.05, 0.1) is 6.54 Å². The summed E-state index contributed by atoms with van der Waals surface area (Å²) in [5.41, 5.74) is 1.10. The smallest absolute Gasteiger partial charge is 0.321 e. The summed E-state index contributed by atoms with van der Waals surface area (Å²) < 4.78 is 0. The van der Waals surface area contributed by atoms with Crippen LogP contribution in [0.4, 0.5) is 4.79 Å². The van der Waals surface area contributed by atoms with Crippen LogP contribution < -0.4 is 10.6 Å². The molecule has 0 bridgehead atoms. The largest absolute Gasteiger partial charge is 0.334 e. The Kier molecular flexibility index (Phi) is 7.53. The first-order valence-electron chi connectivity index (χ1n) is 6.71. The van der Waals surface area contributed by atoms with Crippen LogP contribution in [0.5, 0.6) is 0 Å². The van der Waals surface area contributed by atoms with Crippen LogP contribution >= 0.6 is 0 Å². The van der Waals surface area contributed by atoms with Gasteiger partial charge >= 0.3 is 6.03 Å². The Morgan fingerprint density at radius 2 is 1.86 bits per heavy atom. The zero-order valence-electron chi connectivity index (χ0n) is 12.0. The van der Waals surface area contributed by atoms with Crippen molar-refractivity contribution in [1.29, 1.82) is 0 Å². The van der Waals surface area contributed by atoms with Crippen LogP contribution in [0.2, 0.25) is 0 Å². The molecule has 0 unspecified atom stereocenters. The van der Waals surface area contributed by atoms with Gasteiger partial charge in [0.1, 0.15) is 0 Å². The van der Waals surface area contributed by atoms with E-state index < -0.39 is 6.03 Å². The summed E-state index contributed by atoms with van der Waals surface area (Å²) in [5, 5.41) is 4.77. The molecule has 3 amide bonds. The van der Waals surface area contributed by atoms with Gasteiger partial charge in [-0.2, -0.15) is 0 Å². The highest BCUT2D eigenvalue weighted by Crippen LogP contribution is 2.04. The van der Waals surface area contributed by atoms with E-state index in [1.807, 2.05) is 35.2 Å². The molecule has 0 fully saturated rings. The second-order valence-corrected chi connectivity index (χ2v) is 4.49. The van der Waals surface area contributed by atoms with E-state index in [-0.39, 0.29) is 12.5 Å². The van der Waals surface area contributed by atoms with Crippen molar-refractivity contribution in [2.45, 2.75) is 6.54 Å². The molecule has 112 valence electrons. The van der Waals surface area contributed by atoms with Gasteiger partial charge in [-0.05, 0) is 5.56 Å². The lowest BCUT2D eigenvalue weighted by molar-refractivity contribution is -0.121. The van der Waals surface area contributed by atoms with Gasteiger partial charge in [-0.25, -0.2) is 4.79 Å². The summed E-state index contributed by atoms with van der Waals surface area (Å²) in [6.45, 7) is 8.80. The molecule has 1 aromatic rings. The van der Waals surface area contributed by atoms with Crippen molar-refractivity contribution in [2.75, 3.05) is 19.6 Å². The van der Waals surface area contributed by atoms with Gasteiger partial charge < -0.3 is 5.32 Å². The maximum atomic E-state index is 11.8. The molecule has 1 aromatic carbocycles. The number of nitrogens with zero attached hydrogens (tertiary/aromatic N) is 1. The number of hydrogen-bond acceptors (Lipinski definition) is 3. The average molecular weight is 287 g/mol. The fourth-order valence-corrected chi connectivity index (χ4v) is 1.79. The third-order valence-corrected chi connectivity index (χ3v) is 2.66. The van der Waals surface area contributed by atoms with E-state index in [1.54, 1.807) is 12.2 Å². The number of urea groups is 1. The third-order valence-electron chi connectivity index (χ3n) is 2.66. The van der Waals surface area contributed by atoms with E-state index in [0.717, 1.165) is 5.56 Å². The molecule has 0 saturated heterocycles. The highest BCUT2D eigenvalue weighted by atomic mass is 16.2. The van der Waals surface area contributed by atoms with Crippen molar-refractivity contribution in [3.63, 3.8) is 0 Å². The molecule has 0 aliphatic carbocycles. The monoisotopic (exact) mass is 287 g/mol. The molecular weight excluding hydrogens is 266 g/mol. The number of hydrogen-bond donors (Lipinski definition) is 2. The normalized spacial score (nSPS) is 9.95. The highest BCUT2D eigenvalue weighted by molar-refractivity contribution is 5.95. The van der Waals surface area contributed by atoms with Crippen molar-refractivity contribution in [3.05, 3.63) is 61.2 Å². The average Bonchev–Trinajstić information content (AvgIpc) is 2.46. The lowest BCUT2D eigenvalue weighted by Gasteiger charge is -2.20. The second kappa shape index (κ2) is 9.50. The zero-order valence-corrected chi connectivity index (χ0v) is 12.0. The number of imide groups is 1. The van der Waals surface area contributed by atoms with Crippen molar-refractivity contribution in [2.24, 2.45) is 0 Å². The van der Waals surface area contributed by atoms with E-state index in [1.165, 1.54) is 0 Å². The molecule has 1 rings (SSSR count). The number of carbonyl (C=O) groups excluding carboxylic acids is 2. The Morgan fingerprint density at radius 1 is 1.14 bits per heavy atom. The van der Waals surface area contributed by atoms with Crippen molar-refractivity contribution < 1.29 is 9.59 Å². The van der Waals surface area contributed by atoms with Crippen LogP contribution in [0, 0.1) is 0 Å². The van der Waals surface area contributed by atoms with E-state index in [9.17, 15) is 9.59 Å². The Hall–Kier alpha value is -2.40. The van der Waals surface area contributed by atoms with E-state index in [2.05, 4.69) is 23.8 Å². The molecule has 0 atom stereocenters. The van der Waals surface area contributed by atoms with Crippen LogP contribution in [0.15, 0.2) is 55.6 Å². The van der Waals surface area contributed by atoms with E-state index in [4.69, 9.17) is 0 Å². The maximum Gasteiger partial charge on any atom is 0.321 e. The fourth-order valence-electron chi connectivity index (χ4n) is 1.79. The Balaban J connectivity index is 2.49. The highest BCUT2D eigenvalue weighted by Gasteiger charge is 2.12. The minimum Gasteiger partial charge on any atom is -0.334 e. The van der Waals surface area contributed by atoms with Crippen LogP contribution in [0.25, 0.3) is 0 Å². The van der Waals surface area contributed by atoms with Crippen LogP contribution in [-0.4, -0.2) is 36.5 Å². The quantitative estimate of drug-likeness (QED) is 0.715. The molecule has 0 aromatic heterocycles. The van der Waals surface area contributed by atoms with Crippen LogP contribution in [-0.2, 0) is 11.3 Å². The topological polar surface area (TPSA) is 61.4 Å². The summed E-state index contributed by atoms with van der Waals surface area (Å²) in [6, 6.07) is 9.31. The van der Waals surface area contributed by atoms with Gasteiger partial charge in [0.2, 0.25) is 5.91 Å². The van der Waals surface area contributed by atoms with Crippen molar-refractivity contribution >= 4 is 11.9 Å². The Morgan fingerprint density at radius 3 is 2.48 bits per heavy atom. The minimum absolute atomic E-state index is 0.127. The minimum atomic E-state index is -0.516. The number of rotatable bonds is 8. The Labute approximate surface area is 125 Å². The second-order valence-electron chi connectivity index (χ2n) is 4.49. The molecule has 0 spiro atoms. The molecule has 5 nitrogen and oxygen atoms in total. The van der Waals surface area contributed by atoms with E-state index >= 15 is 0 Å². The first-order valence-corrected chi connectivity index (χ1v) is 6.71. The van der Waals surface area contributed by atoms with Gasteiger partial charge in [-0.15, -0.1) is 13.2 Å². The van der Waals surface area contributed by atoms with Crippen LogP contribution in [0.1, 0.15) is 5.56 Å². The molecule has 0 saturated carbocycles. The summed E-state index contributed by atoms with van der Waals surface area (Å²) in [7, 11) is 0. The Bertz CT molecular complexity index is 486. The number of nitrogens with one attached hydrogen (secondary N) is 2. The van der Waals surface area contributed by atoms with Crippen molar-refractivity contribution in [1.82, 2.24) is 15.5 Å². The predicted octanol–water partition coefficient (Wildman–Crippen LogP) is 1.69. The SMILES string of the molecule is C=CCNC(=O)NC(=O)CN(CC=C)Cc1ccccc1.